The number of carbonyl (C=O) groups is 2. The summed E-state index contributed by atoms with van der Waals surface area (Å²) in [6.45, 7) is 3.98. The number of fused-ring (bicyclic) bond motifs is 1. The van der Waals surface area contributed by atoms with Gasteiger partial charge in [0.25, 0.3) is 11.8 Å². The van der Waals surface area contributed by atoms with E-state index in [-0.39, 0.29) is 24.8 Å². The molecule has 0 saturated heterocycles. The van der Waals surface area contributed by atoms with Crippen molar-refractivity contribution in [2.75, 3.05) is 13.3 Å². The van der Waals surface area contributed by atoms with E-state index in [9.17, 15) is 9.59 Å². The van der Waals surface area contributed by atoms with Crippen molar-refractivity contribution in [1.82, 2.24) is 10.6 Å². The zero-order valence-electron chi connectivity index (χ0n) is 13.3. The minimum absolute atomic E-state index is 0.0714. The molecule has 0 bridgehead atoms. The number of amides is 2. The first-order valence-electron chi connectivity index (χ1n) is 7.52. The van der Waals surface area contributed by atoms with Gasteiger partial charge in [0.15, 0.2) is 17.3 Å². The topological polar surface area (TPSA) is 89.8 Å². The van der Waals surface area contributed by atoms with E-state index >= 15 is 0 Å². The van der Waals surface area contributed by atoms with Crippen LogP contribution in [0.4, 0.5) is 0 Å². The van der Waals surface area contributed by atoms with Gasteiger partial charge in [-0.15, -0.1) is 6.58 Å². The number of carbonyl (C=O) groups excluding carboxylic acids is 2. The van der Waals surface area contributed by atoms with Crippen LogP contribution in [-0.4, -0.2) is 25.2 Å². The first kappa shape index (κ1) is 16.4. The van der Waals surface area contributed by atoms with Crippen molar-refractivity contribution in [1.29, 1.82) is 0 Å². The zero-order valence-corrected chi connectivity index (χ0v) is 13.3. The van der Waals surface area contributed by atoms with E-state index in [2.05, 4.69) is 17.2 Å². The van der Waals surface area contributed by atoms with Crippen LogP contribution >= 0.6 is 0 Å². The summed E-state index contributed by atoms with van der Waals surface area (Å²) in [7, 11) is 0. The maximum Gasteiger partial charge on any atom is 0.291 e. The average Bonchev–Trinajstić information content (AvgIpc) is 3.29. The Hall–Kier alpha value is -3.48. The van der Waals surface area contributed by atoms with Crippen LogP contribution in [0.5, 0.6) is 11.5 Å². The normalized spacial score (nSPS) is 12.6. The molecule has 0 radical (unpaired) electrons. The van der Waals surface area contributed by atoms with Crippen molar-refractivity contribution in [3.63, 3.8) is 0 Å². The number of rotatable bonds is 6. The van der Waals surface area contributed by atoms with Crippen molar-refractivity contribution >= 4 is 17.9 Å². The minimum atomic E-state index is -0.522. The van der Waals surface area contributed by atoms with Gasteiger partial charge < -0.3 is 24.5 Å². The average molecular weight is 340 g/mol. The van der Waals surface area contributed by atoms with E-state index in [1.54, 1.807) is 36.4 Å². The molecule has 1 aliphatic heterocycles. The Morgan fingerprint density at radius 2 is 2.04 bits per heavy atom. The summed E-state index contributed by atoms with van der Waals surface area (Å²) in [6, 6.07) is 8.32. The van der Waals surface area contributed by atoms with Crippen LogP contribution < -0.4 is 20.1 Å². The van der Waals surface area contributed by atoms with Crippen LogP contribution in [-0.2, 0) is 4.79 Å². The van der Waals surface area contributed by atoms with Crippen LogP contribution in [0.2, 0.25) is 0 Å². The molecule has 0 unspecified atom stereocenters. The van der Waals surface area contributed by atoms with Gasteiger partial charge in [0.2, 0.25) is 6.79 Å². The summed E-state index contributed by atoms with van der Waals surface area (Å²) in [4.78, 5) is 24.5. The van der Waals surface area contributed by atoms with Gasteiger partial charge in [-0.1, -0.05) is 12.1 Å². The van der Waals surface area contributed by atoms with Gasteiger partial charge in [0.05, 0.1) is 6.26 Å². The molecule has 7 nitrogen and oxygen atoms in total. The first-order valence-corrected chi connectivity index (χ1v) is 7.52. The lowest BCUT2D eigenvalue weighted by molar-refractivity contribution is -0.117. The number of benzene rings is 1. The Morgan fingerprint density at radius 1 is 1.20 bits per heavy atom. The van der Waals surface area contributed by atoms with E-state index in [0.29, 0.717) is 17.1 Å². The fourth-order valence-electron chi connectivity index (χ4n) is 2.18. The molecule has 2 aromatic rings. The van der Waals surface area contributed by atoms with E-state index in [4.69, 9.17) is 13.9 Å². The second kappa shape index (κ2) is 7.39. The van der Waals surface area contributed by atoms with Gasteiger partial charge >= 0.3 is 0 Å². The minimum Gasteiger partial charge on any atom is -0.459 e. The summed E-state index contributed by atoms with van der Waals surface area (Å²) < 4.78 is 15.6. The lowest BCUT2D eigenvalue weighted by atomic mass is 10.1. The van der Waals surface area contributed by atoms with Crippen molar-refractivity contribution in [3.05, 3.63) is 66.3 Å². The summed E-state index contributed by atoms with van der Waals surface area (Å²) in [5, 5.41) is 5.18. The van der Waals surface area contributed by atoms with E-state index < -0.39 is 11.8 Å². The van der Waals surface area contributed by atoms with Crippen molar-refractivity contribution in [2.24, 2.45) is 0 Å². The van der Waals surface area contributed by atoms with Gasteiger partial charge in [-0.3, -0.25) is 9.59 Å². The van der Waals surface area contributed by atoms with Gasteiger partial charge in [-0.05, 0) is 35.9 Å². The van der Waals surface area contributed by atoms with E-state index in [0.717, 1.165) is 0 Å². The van der Waals surface area contributed by atoms with Crippen LogP contribution in [0, 0.1) is 0 Å². The molecule has 7 heteroatoms. The van der Waals surface area contributed by atoms with E-state index in [1.807, 2.05) is 0 Å². The second-order valence-corrected chi connectivity index (χ2v) is 5.10. The van der Waals surface area contributed by atoms with Crippen molar-refractivity contribution in [2.45, 2.75) is 0 Å². The summed E-state index contributed by atoms with van der Waals surface area (Å²) in [6.07, 6.45) is 4.47. The molecule has 0 atom stereocenters. The largest absolute Gasteiger partial charge is 0.459 e. The molecule has 0 fully saturated rings. The Balaban J connectivity index is 1.85. The van der Waals surface area contributed by atoms with Crippen LogP contribution in [0.15, 0.2) is 59.4 Å². The quantitative estimate of drug-likeness (QED) is 0.621. The first-order chi connectivity index (χ1) is 12.2. The molecule has 0 spiro atoms. The van der Waals surface area contributed by atoms with Crippen LogP contribution in [0.1, 0.15) is 16.1 Å². The van der Waals surface area contributed by atoms with Crippen molar-refractivity contribution < 1.29 is 23.5 Å². The Bertz CT molecular complexity index is 824. The number of nitrogens with one attached hydrogen (secondary N) is 2. The molecule has 25 heavy (non-hydrogen) atoms. The van der Waals surface area contributed by atoms with Gasteiger partial charge in [-0.2, -0.15) is 0 Å². The molecular formula is C18H16N2O5. The fraction of sp³-hybridized carbons (Fsp3) is 0.111. The number of ether oxygens (including phenoxy) is 2. The number of furan rings is 1. The molecule has 2 amide bonds. The standard InChI is InChI=1S/C18H16N2O5/c1-2-7-19-17(21)13(20-18(22)15-4-3-8-23-15)9-12-5-6-14-16(10-12)25-11-24-14/h2-6,8-10H,1,7,11H2,(H,19,21)(H,20,22). The molecule has 0 aliphatic carbocycles. The molecule has 1 aliphatic rings. The molecule has 2 heterocycles. The molecule has 0 saturated carbocycles. The smallest absolute Gasteiger partial charge is 0.291 e. The maximum atomic E-state index is 12.3. The van der Waals surface area contributed by atoms with Gasteiger partial charge in [0, 0.05) is 6.54 Å². The number of hydrogen-bond acceptors (Lipinski definition) is 5. The highest BCUT2D eigenvalue weighted by atomic mass is 16.7. The molecule has 2 N–H and O–H groups in total. The third-order valence-corrected chi connectivity index (χ3v) is 3.35. The zero-order chi connectivity index (χ0) is 17.6. The fourth-order valence-corrected chi connectivity index (χ4v) is 2.18. The Labute approximate surface area is 143 Å². The van der Waals surface area contributed by atoms with Crippen LogP contribution in [0.25, 0.3) is 6.08 Å². The van der Waals surface area contributed by atoms with Gasteiger partial charge in [0.1, 0.15) is 5.70 Å². The molecule has 3 rings (SSSR count). The highest BCUT2D eigenvalue weighted by Crippen LogP contribution is 2.33. The predicted octanol–water partition coefficient (Wildman–Crippen LogP) is 2.08. The van der Waals surface area contributed by atoms with E-state index in [1.165, 1.54) is 12.3 Å². The summed E-state index contributed by atoms with van der Waals surface area (Å²) >= 11 is 0. The maximum absolute atomic E-state index is 12.3. The third-order valence-electron chi connectivity index (χ3n) is 3.35. The Morgan fingerprint density at radius 3 is 2.80 bits per heavy atom. The number of hydrogen-bond donors (Lipinski definition) is 2. The molecule has 1 aromatic heterocycles. The van der Waals surface area contributed by atoms with Crippen LogP contribution in [0.3, 0.4) is 0 Å². The molecule has 1 aromatic carbocycles. The monoisotopic (exact) mass is 340 g/mol. The Kier molecular flexibility index (Phi) is 4.84. The lowest BCUT2D eigenvalue weighted by Crippen LogP contribution is -2.34. The molecular weight excluding hydrogens is 324 g/mol. The summed E-state index contributed by atoms with van der Waals surface area (Å²) in [5.41, 5.74) is 0.745. The van der Waals surface area contributed by atoms with Crippen molar-refractivity contribution in [3.8, 4) is 11.5 Å². The predicted molar refractivity (Wildman–Crippen MR) is 89.9 cm³/mol. The van der Waals surface area contributed by atoms with Gasteiger partial charge in [-0.25, -0.2) is 0 Å². The SMILES string of the molecule is C=CCNC(=O)C(=Cc1ccc2c(c1)OCO2)NC(=O)c1ccco1. The summed E-state index contributed by atoms with van der Waals surface area (Å²) in [5.74, 6) is 0.350. The molecule has 128 valence electrons. The second-order valence-electron chi connectivity index (χ2n) is 5.10. The third kappa shape index (κ3) is 3.89. The highest BCUT2D eigenvalue weighted by molar-refractivity contribution is 6.04. The highest BCUT2D eigenvalue weighted by Gasteiger charge is 2.17. The lowest BCUT2D eigenvalue weighted by Gasteiger charge is -2.09.